The van der Waals surface area contributed by atoms with Crippen LogP contribution in [0.15, 0.2) is 18.2 Å². The average molecular weight is 263 g/mol. The van der Waals surface area contributed by atoms with E-state index in [2.05, 4.69) is 45.9 Å². The van der Waals surface area contributed by atoms with Crippen molar-refractivity contribution in [1.29, 1.82) is 0 Å². The average Bonchev–Trinajstić information content (AvgIpc) is 2.44. The fourth-order valence-electron chi connectivity index (χ4n) is 2.50. The van der Waals surface area contributed by atoms with E-state index in [0.29, 0.717) is 5.41 Å². The fourth-order valence-corrected chi connectivity index (χ4v) is 2.50. The lowest BCUT2D eigenvalue weighted by molar-refractivity contribution is 0.213. The minimum Gasteiger partial charge on any atom is -0.493 e. The van der Waals surface area contributed by atoms with Crippen LogP contribution in [0.3, 0.4) is 0 Å². The molecule has 0 fully saturated rings. The summed E-state index contributed by atoms with van der Waals surface area (Å²) in [6.07, 6.45) is 4.54. The van der Waals surface area contributed by atoms with Crippen LogP contribution in [-0.4, -0.2) is 13.2 Å². The molecule has 2 nitrogen and oxygen atoms in total. The van der Waals surface area contributed by atoms with E-state index >= 15 is 0 Å². The second-order valence-corrected chi connectivity index (χ2v) is 5.56. The van der Waals surface area contributed by atoms with Gasteiger partial charge in [0.15, 0.2) is 0 Å². The van der Waals surface area contributed by atoms with Crippen LogP contribution in [0.4, 0.5) is 0 Å². The van der Waals surface area contributed by atoms with Gasteiger partial charge >= 0.3 is 0 Å². The third-order valence-corrected chi connectivity index (χ3v) is 4.60. The first-order valence-corrected chi connectivity index (χ1v) is 7.47. The molecule has 0 atom stereocenters. The molecule has 1 aromatic carbocycles. The van der Waals surface area contributed by atoms with Crippen molar-refractivity contribution in [3.63, 3.8) is 0 Å². The van der Waals surface area contributed by atoms with Crippen LogP contribution in [-0.2, 0) is 0 Å². The highest BCUT2D eigenvalue weighted by Crippen LogP contribution is 2.30. The van der Waals surface area contributed by atoms with Gasteiger partial charge < -0.3 is 10.5 Å². The number of ether oxygens (including phenoxy) is 1. The Balaban J connectivity index is 2.44. The molecule has 0 aliphatic carbocycles. The molecule has 2 heteroatoms. The van der Waals surface area contributed by atoms with Crippen molar-refractivity contribution < 1.29 is 4.74 Å². The molecule has 0 saturated carbocycles. The zero-order valence-corrected chi connectivity index (χ0v) is 13.0. The summed E-state index contributed by atoms with van der Waals surface area (Å²) in [5.74, 6) is 1.02. The minimum absolute atomic E-state index is 0.311. The summed E-state index contributed by atoms with van der Waals surface area (Å²) >= 11 is 0. The van der Waals surface area contributed by atoms with Gasteiger partial charge in [-0.2, -0.15) is 0 Å². The summed E-state index contributed by atoms with van der Waals surface area (Å²) in [6, 6.07) is 6.23. The predicted molar refractivity (Wildman–Crippen MR) is 82.7 cm³/mol. The van der Waals surface area contributed by atoms with Crippen LogP contribution >= 0.6 is 0 Å². The Morgan fingerprint density at radius 1 is 1.16 bits per heavy atom. The molecule has 1 rings (SSSR count). The Morgan fingerprint density at radius 3 is 2.42 bits per heavy atom. The molecule has 0 saturated heterocycles. The zero-order valence-electron chi connectivity index (χ0n) is 13.0. The molecule has 19 heavy (non-hydrogen) atoms. The van der Waals surface area contributed by atoms with Gasteiger partial charge in [0.1, 0.15) is 5.75 Å². The first-order chi connectivity index (χ1) is 9.08. The Labute approximate surface area is 118 Å². The third kappa shape index (κ3) is 4.24. The van der Waals surface area contributed by atoms with E-state index in [4.69, 9.17) is 10.5 Å². The monoisotopic (exact) mass is 263 g/mol. The molecule has 108 valence electrons. The summed E-state index contributed by atoms with van der Waals surface area (Å²) < 4.78 is 5.91. The van der Waals surface area contributed by atoms with Gasteiger partial charge in [-0.15, -0.1) is 0 Å². The SMILES string of the molecule is CCC(CC)(CN)CCCOc1cccc(C)c1C. The number of nitrogens with two attached hydrogens (primary N) is 1. The lowest BCUT2D eigenvalue weighted by Crippen LogP contribution is -2.29. The van der Waals surface area contributed by atoms with Crippen LogP contribution in [0.1, 0.15) is 50.7 Å². The number of benzene rings is 1. The smallest absolute Gasteiger partial charge is 0.122 e. The van der Waals surface area contributed by atoms with E-state index < -0.39 is 0 Å². The quantitative estimate of drug-likeness (QED) is 0.712. The lowest BCUT2D eigenvalue weighted by Gasteiger charge is -2.30. The van der Waals surface area contributed by atoms with E-state index in [0.717, 1.165) is 44.6 Å². The maximum absolute atomic E-state index is 5.93. The van der Waals surface area contributed by atoms with E-state index in [1.807, 2.05) is 0 Å². The Morgan fingerprint density at radius 2 is 1.84 bits per heavy atom. The normalized spacial score (nSPS) is 11.6. The third-order valence-electron chi connectivity index (χ3n) is 4.60. The number of aryl methyl sites for hydroxylation is 1. The Kier molecular flexibility index (Phi) is 6.36. The van der Waals surface area contributed by atoms with E-state index in [1.54, 1.807) is 0 Å². The fraction of sp³-hybridized carbons (Fsp3) is 0.647. The van der Waals surface area contributed by atoms with Crippen LogP contribution < -0.4 is 10.5 Å². The maximum atomic E-state index is 5.93. The molecule has 0 bridgehead atoms. The van der Waals surface area contributed by atoms with Gasteiger partial charge in [0.2, 0.25) is 0 Å². The van der Waals surface area contributed by atoms with Gasteiger partial charge in [0, 0.05) is 0 Å². The van der Waals surface area contributed by atoms with E-state index in [9.17, 15) is 0 Å². The molecule has 0 amide bonds. The van der Waals surface area contributed by atoms with Crippen molar-refractivity contribution in [3.8, 4) is 5.75 Å². The second-order valence-electron chi connectivity index (χ2n) is 5.56. The molecule has 0 unspecified atom stereocenters. The van der Waals surface area contributed by atoms with Crippen LogP contribution in [0.5, 0.6) is 5.75 Å². The molecular weight excluding hydrogens is 234 g/mol. The maximum Gasteiger partial charge on any atom is 0.122 e. The van der Waals surface area contributed by atoms with E-state index in [-0.39, 0.29) is 0 Å². The van der Waals surface area contributed by atoms with Crippen molar-refractivity contribution in [2.75, 3.05) is 13.2 Å². The summed E-state index contributed by atoms with van der Waals surface area (Å²) in [5.41, 5.74) is 8.77. The van der Waals surface area contributed by atoms with E-state index in [1.165, 1.54) is 11.1 Å². The van der Waals surface area contributed by atoms with Crippen LogP contribution in [0.2, 0.25) is 0 Å². The van der Waals surface area contributed by atoms with Crippen molar-refractivity contribution in [2.45, 2.75) is 53.4 Å². The Hall–Kier alpha value is -1.02. The number of hydrogen-bond donors (Lipinski definition) is 1. The molecule has 0 spiro atoms. The molecular formula is C17H29NO. The summed E-state index contributed by atoms with van der Waals surface area (Å²) in [7, 11) is 0. The van der Waals surface area contributed by atoms with Crippen molar-refractivity contribution >= 4 is 0 Å². The second kappa shape index (κ2) is 7.54. The van der Waals surface area contributed by atoms with Gasteiger partial charge in [-0.05, 0) is 68.7 Å². The lowest BCUT2D eigenvalue weighted by atomic mass is 9.78. The Bertz CT molecular complexity index is 375. The van der Waals surface area contributed by atoms with Gasteiger partial charge in [0.05, 0.1) is 6.61 Å². The van der Waals surface area contributed by atoms with Crippen molar-refractivity contribution in [3.05, 3.63) is 29.3 Å². The van der Waals surface area contributed by atoms with Gasteiger partial charge in [-0.1, -0.05) is 26.0 Å². The highest BCUT2D eigenvalue weighted by molar-refractivity contribution is 5.38. The highest BCUT2D eigenvalue weighted by atomic mass is 16.5. The van der Waals surface area contributed by atoms with Crippen molar-refractivity contribution in [2.24, 2.45) is 11.1 Å². The van der Waals surface area contributed by atoms with Gasteiger partial charge in [0.25, 0.3) is 0 Å². The predicted octanol–water partition coefficient (Wildman–Crippen LogP) is 4.23. The number of hydrogen-bond acceptors (Lipinski definition) is 2. The number of rotatable bonds is 8. The largest absolute Gasteiger partial charge is 0.493 e. The molecule has 0 aliphatic rings. The zero-order chi connectivity index (χ0) is 14.3. The molecule has 1 aromatic rings. The first kappa shape index (κ1) is 16.0. The summed E-state index contributed by atoms with van der Waals surface area (Å²) in [6.45, 7) is 10.3. The van der Waals surface area contributed by atoms with Gasteiger partial charge in [-0.25, -0.2) is 0 Å². The molecule has 0 aromatic heterocycles. The first-order valence-electron chi connectivity index (χ1n) is 7.47. The van der Waals surface area contributed by atoms with Gasteiger partial charge in [-0.3, -0.25) is 0 Å². The molecule has 2 N–H and O–H groups in total. The minimum atomic E-state index is 0.311. The van der Waals surface area contributed by atoms with Crippen LogP contribution in [0, 0.1) is 19.3 Å². The van der Waals surface area contributed by atoms with Crippen LogP contribution in [0.25, 0.3) is 0 Å². The molecule has 0 aliphatic heterocycles. The standard InChI is InChI=1S/C17H29NO/c1-5-17(6-2,13-18)11-8-12-19-16-10-7-9-14(3)15(16)4/h7,9-10H,5-6,8,11-13,18H2,1-4H3. The summed E-state index contributed by atoms with van der Waals surface area (Å²) in [4.78, 5) is 0. The topological polar surface area (TPSA) is 35.2 Å². The molecule has 0 radical (unpaired) electrons. The highest BCUT2D eigenvalue weighted by Gasteiger charge is 2.23. The summed E-state index contributed by atoms with van der Waals surface area (Å²) in [5, 5.41) is 0. The van der Waals surface area contributed by atoms with Crippen molar-refractivity contribution in [1.82, 2.24) is 0 Å². The molecule has 0 heterocycles.